The summed E-state index contributed by atoms with van der Waals surface area (Å²) >= 11 is 13.2. The van der Waals surface area contributed by atoms with E-state index >= 15 is 0 Å². The highest BCUT2D eigenvalue weighted by atomic mass is 35.5. The van der Waals surface area contributed by atoms with Crippen molar-refractivity contribution in [2.24, 2.45) is 0 Å². The van der Waals surface area contributed by atoms with Crippen molar-refractivity contribution in [3.63, 3.8) is 0 Å². The Labute approximate surface area is 219 Å². The molecule has 1 aromatic heterocycles. The number of nitrogens with zero attached hydrogens (tertiary/aromatic N) is 2. The third-order valence-corrected chi connectivity index (χ3v) is 6.34. The second-order valence-electron chi connectivity index (χ2n) is 9.35. The van der Waals surface area contributed by atoms with E-state index in [1.807, 2.05) is 26.8 Å². The van der Waals surface area contributed by atoms with Crippen LogP contribution in [0, 0.1) is 0 Å². The number of alkyl carbamates (subject to hydrolysis) is 1. The van der Waals surface area contributed by atoms with E-state index in [4.69, 9.17) is 42.1 Å². The number of anilines is 2. The number of halogens is 2. The summed E-state index contributed by atoms with van der Waals surface area (Å²) < 4.78 is 21.7. The maximum Gasteiger partial charge on any atom is 0.408 e. The van der Waals surface area contributed by atoms with E-state index < -0.39 is 11.7 Å². The first-order valence-electron chi connectivity index (χ1n) is 11.3. The van der Waals surface area contributed by atoms with E-state index in [1.54, 1.807) is 12.3 Å². The Kier molecular flexibility index (Phi) is 7.67. The molecule has 0 unspecified atom stereocenters. The number of methoxy groups -OCH3 is 2. The van der Waals surface area contributed by atoms with Crippen LogP contribution >= 0.6 is 23.2 Å². The molecular weight excluding hydrogens is 509 g/mol. The molecule has 0 spiro atoms. The minimum absolute atomic E-state index is 0.216. The number of aromatic nitrogens is 2. The number of hydrogen-bond donors (Lipinski definition) is 3. The predicted molar refractivity (Wildman–Crippen MR) is 139 cm³/mol. The van der Waals surface area contributed by atoms with Gasteiger partial charge in [0.15, 0.2) is 0 Å². The average Bonchev–Trinajstić information content (AvgIpc) is 3.24. The number of rotatable bonds is 6. The van der Waals surface area contributed by atoms with E-state index in [2.05, 4.69) is 25.9 Å². The summed E-state index contributed by atoms with van der Waals surface area (Å²) in [5.74, 6) is 1.98. The van der Waals surface area contributed by atoms with Gasteiger partial charge >= 0.3 is 6.09 Å². The van der Waals surface area contributed by atoms with Crippen molar-refractivity contribution in [1.82, 2.24) is 15.3 Å². The molecule has 1 fully saturated rings. The number of carbonyl (C=O) groups excluding carboxylic acids is 1. The van der Waals surface area contributed by atoms with E-state index in [9.17, 15) is 4.79 Å². The fraction of sp³-hybridized carbons (Fsp3) is 0.458. The van der Waals surface area contributed by atoms with E-state index in [0.29, 0.717) is 58.6 Å². The average molecular weight is 538 g/mol. The highest BCUT2D eigenvalue weighted by molar-refractivity contribution is 6.39. The quantitative estimate of drug-likeness (QED) is 0.490. The van der Waals surface area contributed by atoms with Gasteiger partial charge in [-0.15, -0.1) is 0 Å². The van der Waals surface area contributed by atoms with Crippen LogP contribution in [0.25, 0.3) is 11.6 Å². The Bertz CT molecular complexity index is 1160. The second kappa shape index (κ2) is 10.6. The van der Waals surface area contributed by atoms with Crippen LogP contribution in [0.2, 0.25) is 10.0 Å². The third kappa shape index (κ3) is 5.71. The minimum atomic E-state index is -0.587. The molecule has 0 bridgehead atoms. The molecule has 2 aliphatic rings. The normalized spacial score (nSPS) is 19.0. The largest absolute Gasteiger partial charge is 0.495 e. The fourth-order valence-electron chi connectivity index (χ4n) is 3.92. The molecule has 1 amide bonds. The number of nitrogens with one attached hydrogen (secondary N) is 3. The zero-order valence-electron chi connectivity index (χ0n) is 20.7. The summed E-state index contributed by atoms with van der Waals surface area (Å²) in [6.45, 7) is 6.62. The number of fused-ring (bicyclic) bond motifs is 1. The monoisotopic (exact) mass is 537 g/mol. The van der Waals surface area contributed by atoms with Gasteiger partial charge in [-0.2, -0.15) is 4.98 Å². The molecule has 12 heteroatoms. The molecule has 1 saturated heterocycles. The van der Waals surface area contributed by atoms with Crippen LogP contribution in [0.5, 0.6) is 11.5 Å². The van der Waals surface area contributed by atoms with Crippen molar-refractivity contribution >= 4 is 52.7 Å². The molecule has 3 heterocycles. The highest BCUT2D eigenvalue weighted by Gasteiger charge is 2.32. The standard InChI is InChI=1S/C24H29Cl2N5O5/c1-24(2,3)36-23(32)30-15-11-35-10-14(15)29-22-28-9-13-6-12(8-27-21(13)31-22)18-19(25)16(33-4)7-17(34-5)20(18)26/h6-7,9,14-15H,8,10-11H2,1-5H3,(H,30,32)(H2,27,28,29,31)/t14-,15+/m1/s1. The van der Waals surface area contributed by atoms with Crippen molar-refractivity contribution in [3.05, 3.63) is 33.4 Å². The Morgan fingerprint density at radius 2 is 1.81 bits per heavy atom. The highest BCUT2D eigenvalue weighted by Crippen LogP contribution is 2.45. The van der Waals surface area contributed by atoms with Crippen LogP contribution in [0.4, 0.5) is 16.6 Å². The Hall–Kier alpha value is -2.95. The van der Waals surface area contributed by atoms with Gasteiger partial charge in [-0.1, -0.05) is 23.2 Å². The summed E-state index contributed by atoms with van der Waals surface area (Å²) in [5.41, 5.74) is 1.64. The summed E-state index contributed by atoms with van der Waals surface area (Å²) in [7, 11) is 3.07. The van der Waals surface area contributed by atoms with Crippen molar-refractivity contribution in [2.75, 3.05) is 44.6 Å². The first kappa shape index (κ1) is 26.1. The summed E-state index contributed by atoms with van der Waals surface area (Å²) in [4.78, 5) is 21.2. The zero-order chi connectivity index (χ0) is 26.0. The Balaban J connectivity index is 1.52. The molecule has 0 saturated carbocycles. The molecule has 36 heavy (non-hydrogen) atoms. The van der Waals surface area contributed by atoms with Crippen LogP contribution in [-0.2, 0) is 9.47 Å². The van der Waals surface area contributed by atoms with Gasteiger partial charge in [0.05, 0.1) is 49.6 Å². The lowest BCUT2D eigenvalue weighted by Crippen LogP contribution is -2.47. The van der Waals surface area contributed by atoms with E-state index in [-0.39, 0.29) is 12.1 Å². The smallest absolute Gasteiger partial charge is 0.408 e. The molecule has 2 aromatic rings. The van der Waals surface area contributed by atoms with Gasteiger partial charge < -0.3 is 34.9 Å². The summed E-state index contributed by atoms with van der Waals surface area (Å²) in [6.07, 6.45) is 3.12. The zero-order valence-corrected chi connectivity index (χ0v) is 22.2. The first-order valence-corrected chi connectivity index (χ1v) is 12.1. The fourth-order valence-corrected chi connectivity index (χ4v) is 4.66. The van der Waals surface area contributed by atoms with Gasteiger partial charge in [-0.05, 0) is 32.4 Å². The second-order valence-corrected chi connectivity index (χ2v) is 10.1. The Morgan fingerprint density at radius 3 is 2.44 bits per heavy atom. The van der Waals surface area contributed by atoms with Gasteiger partial charge in [0, 0.05) is 29.9 Å². The molecule has 194 valence electrons. The van der Waals surface area contributed by atoms with Crippen molar-refractivity contribution in [1.29, 1.82) is 0 Å². The number of ether oxygens (including phenoxy) is 4. The van der Waals surface area contributed by atoms with Gasteiger partial charge in [0.1, 0.15) is 22.9 Å². The number of amides is 1. The lowest BCUT2D eigenvalue weighted by molar-refractivity contribution is 0.0497. The topological polar surface area (TPSA) is 116 Å². The number of hydrogen-bond acceptors (Lipinski definition) is 9. The molecule has 0 radical (unpaired) electrons. The molecular formula is C24H29Cl2N5O5. The van der Waals surface area contributed by atoms with Crippen molar-refractivity contribution in [2.45, 2.75) is 38.5 Å². The van der Waals surface area contributed by atoms with Crippen LogP contribution in [0.15, 0.2) is 12.3 Å². The molecule has 10 nitrogen and oxygen atoms in total. The summed E-state index contributed by atoms with van der Waals surface area (Å²) in [6, 6.07) is 1.15. The van der Waals surface area contributed by atoms with Crippen molar-refractivity contribution in [3.8, 4) is 11.5 Å². The molecule has 1 aromatic carbocycles. The molecule has 3 N–H and O–H groups in total. The van der Waals surface area contributed by atoms with Gasteiger partial charge in [-0.3, -0.25) is 0 Å². The van der Waals surface area contributed by atoms with Crippen molar-refractivity contribution < 1.29 is 23.7 Å². The van der Waals surface area contributed by atoms with Crippen LogP contribution < -0.4 is 25.4 Å². The van der Waals surface area contributed by atoms with Gasteiger partial charge in [0.2, 0.25) is 5.95 Å². The third-order valence-electron chi connectivity index (χ3n) is 5.58. The van der Waals surface area contributed by atoms with Crippen LogP contribution in [-0.4, -0.2) is 67.7 Å². The summed E-state index contributed by atoms with van der Waals surface area (Å²) in [5, 5.41) is 10.2. The first-order chi connectivity index (χ1) is 17.1. The van der Waals surface area contributed by atoms with E-state index in [0.717, 1.165) is 11.1 Å². The van der Waals surface area contributed by atoms with Crippen LogP contribution in [0.1, 0.15) is 31.9 Å². The molecule has 4 rings (SSSR count). The van der Waals surface area contributed by atoms with E-state index in [1.165, 1.54) is 14.2 Å². The maximum absolute atomic E-state index is 12.2. The Morgan fingerprint density at radius 1 is 1.14 bits per heavy atom. The lowest BCUT2D eigenvalue weighted by atomic mass is 10.00. The van der Waals surface area contributed by atoms with Gasteiger partial charge in [-0.25, -0.2) is 9.78 Å². The number of carbonyl (C=O) groups is 1. The minimum Gasteiger partial charge on any atom is -0.495 e. The SMILES string of the molecule is COc1cc(OC)c(Cl)c(C2=Cc3cnc(N[C@@H]4COC[C@@H]4NC(=O)OC(C)(C)C)nc3NC2)c1Cl. The molecule has 2 atom stereocenters. The number of benzene rings is 1. The lowest BCUT2D eigenvalue weighted by Gasteiger charge is -2.25. The molecule has 0 aliphatic carbocycles. The van der Waals surface area contributed by atoms with Gasteiger partial charge in [0.25, 0.3) is 0 Å². The van der Waals surface area contributed by atoms with Crippen LogP contribution in [0.3, 0.4) is 0 Å². The maximum atomic E-state index is 12.2. The molecule has 2 aliphatic heterocycles. The predicted octanol–water partition coefficient (Wildman–Crippen LogP) is 4.47.